The molecule has 0 radical (unpaired) electrons. The van der Waals surface area contributed by atoms with Crippen molar-refractivity contribution in [2.45, 2.75) is 12.8 Å². The minimum absolute atomic E-state index is 0.541. The van der Waals surface area contributed by atoms with Gasteiger partial charge >= 0.3 is 0 Å². The van der Waals surface area contributed by atoms with Crippen molar-refractivity contribution in [2.24, 2.45) is 5.92 Å². The Morgan fingerprint density at radius 1 is 1.56 bits per heavy atom. The minimum Gasteiger partial charge on any atom is -0.381 e. The summed E-state index contributed by atoms with van der Waals surface area (Å²) < 4.78 is 5.48. The van der Waals surface area contributed by atoms with Crippen molar-refractivity contribution in [3.8, 4) is 0 Å². The number of ether oxygens (including phenoxy) is 1. The molecule has 0 spiro atoms. The van der Waals surface area contributed by atoms with E-state index in [1.54, 1.807) is 6.07 Å². The summed E-state index contributed by atoms with van der Waals surface area (Å²) >= 11 is 5.89. The molecule has 18 heavy (non-hydrogen) atoms. The standard InChI is InChI=1S/C14H18ClNO2/c1-16(8-11-3-2-6-18-10-11)14-5-4-13(15)7-12(14)9-17/h4-5,7,9,11H,2-3,6,8,10H2,1H3. The number of carbonyl (C=O) groups is 1. The van der Waals surface area contributed by atoms with E-state index in [0.717, 1.165) is 38.2 Å². The second kappa shape index (κ2) is 6.21. The van der Waals surface area contributed by atoms with E-state index < -0.39 is 0 Å². The van der Waals surface area contributed by atoms with Crippen LogP contribution in [0.5, 0.6) is 0 Å². The van der Waals surface area contributed by atoms with E-state index in [1.165, 1.54) is 6.42 Å². The molecule has 2 rings (SSSR count). The van der Waals surface area contributed by atoms with Gasteiger partial charge in [0.05, 0.1) is 6.61 Å². The number of hydrogen-bond acceptors (Lipinski definition) is 3. The van der Waals surface area contributed by atoms with Crippen LogP contribution in [0.1, 0.15) is 23.2 Å². The predicted octanol–water partition coefficient (Wildman–Crippen LogP) is 3.02. The molecule has 0 amide bonds. The molecule has 1 atom stereocenters. The highest BCUT2D eigenvalue weighted by molar-refractivity contribution is 6.31. The van der Waals surface area contributed by atoms with Crippen molar-refractivity contribution in [1.82, 2.24) is 0 Å². The lowest BCUT2D eigenvalue weighted by Crippen LogP contribution is -2.31. The summed E-state index contributed by atoms with van der Waals surface area (Å²) in [5, 5.41) is 0.593. The van der Waals surface area contributed by atoms with Crippen LogP contribution in [0.25, 0.3) is 0 Å². The second-order valence-electron chi connectivity index (χ2n) is 4.78. The Morgan fingerprint density at radius 3 is 3.06 bits per heavy atom. The Hall–Kier alpha value is -1.06. The fourth-order valence-electron chi connectivity index (χ4n) is 2.40. The summed E-state index contributed by atoms with van der Waals surface area (Å²) in [6.07, 6.45) is 3.17. The first-order chi connectivity index (χ1) is 8.70. The van der Waals surface area contributed by atoms with Crippen LogP contribution in [0.2, 0.25) is 5.02 Å². The maximum absolute atomic E-state index is 11.1. The normalized spacial score (nSPS) is 19.6. The second-order valence-corrected chi connectivity index (χ2v) is 5.22. The third-order valence-electron chi connectivity index (χ3n) is 3.31. The molecule has 3 nitrogen and oxygen atoms in total. The zero-order valence-corrected chi connectivity index (χ0v) is 11.3. The molecule has 1 aliphatic heterocycles. The Morgan fingerprint density at radius 2 is 2.39 bits per heavy atom. The average Bonchev–Trinajstić information content (AvgIpc) is 2.39. The van der Waals surface area contributed by atoms with E-state index in [9.17, 15) is 4.79 Å². The summed E-state index contributed by atoms with van der Waals surface area (Å²) in [6.45, 7) is 2.59. The topological polar surface area (TPSA) is 29.5 Å². The van der Waals surface area contributed by atoms with Crippen LogP contribution in [0.15, 0.2) is 18.2 Å². The SMILES string of the molecule is CN(CC1CCCOC1)c1ccc(Cl)cc1C=O. The van der Waals surface area contributed by atoms with Gasteiger partial charge in [-0.25, -0.2) is 0 Å². The molecule has 1 saturated heterocycles. The van der Waals surface area contributed by atoms with Gasteiger partial charge in [-0.05, 0) is 37.0 Å². The molecule has 1 aliphatic rings. The molecule has 1 aromatic carbocycles. The molecule has 0 bridgehead atoms. The van der Waals surface area contributed by atoms with Gasteiger partial charge < -0.3 is 9.64 Å². The lowest BCUT2D eigenvalue weighted by atomic mass is 10.0. The molecule has 0 N–H and O–H groups in total. The number of hydrogen-bond donors (Lipinski definition) is 0. The Bertz CT molecular complexity index is 416. The van der Waals surface area contributed by atoms with Crippen molar-refractivity contribution >= 4 is 23.6 Å². The number of anilines is 1. The number of nitrogens with zero attached hydrogens (tertiary/aromatic N) is 1. The van der Waals surface area contributed by atoms with Gasteiger partial charge in [0.1, 0.15) is 0 Å². The van der Waals surface area contributed by atoms with Crippen LogP contribution in [0.4, 0.5) is 5.69 Å². The zero-order chi connectivity index (χ0) is 13.0. The molecule has 1 unspecified atom stereocenters. The highest BCUT2D eigenvalue weighted by atomic mass is 35.5. The molecule has 1 fully saturated rings. The van der Waals surface area contributed by atoms with Crippen LogP contribution in [-0.2, 0) is 4.74 Å². The Labute approximate surface area is 113 Å². The van der Waals surface area contributed by atoms with Gasteiger partial charge in [0.15, 0.2) is 6.29 Å². The van der Waals surface area contributed by atoms with E-state index in [4.69, 9.17) is 16.3 Å². The quantitative estimate of drug-likeness (QED) is 0.786. The fourth-order valence-corrected chi connectivity index (χ4v) is 2.58. The third-order valence-corrected chi connectivity index (χ3v) is 3.55. The van der Waals surface area contributed by atoms with Crippen molar-refractivity contribution in [2.75, 3.05) is 31.7 Å². The van der Waals surface area contributed by atoms with Crippen LogP contribution < -0.4 is 4.90 Å². The third kappa shape index (κ3) is 3.24. The fraction of sp³-hybridized carbons (Fsp3) is 0.500. The van der Waals surface area contributed by atoms with Crippen molar-refractivity contribution in [3.63, 3.8) is 0 Å². The molecule has 0 aliphatic carbocycles. The van der Waals surface area contributed by atoms with Gasteiger partial charge in [0.2, 0.25) is 0 Å². The maximum Gasteiger partial charge on any atom is 0.152 e. The van der Waals surface area contributed by atoms with Gasteiger partial charge in [0, 0.05) is 36.5 Å². The zero-order valence-electron chi connectivity index (χ0n) is 10.6. The van der Waals surface area contributed by atoms with Gasteiger partial charge in [0.25, 0.3) is 0 Å². The van der Waals surface area contributed by atoms with Gasteiger partial charge in [-0.3, -0.25) is 4.79 Å². The molecule has 1 aromatic rings. The highest BCUT2D eigenvalue weighted by Crippen LogP contribution is 2.24. The first-order valence-corrected chi connectivity index (χ1v) is 6.62. The number of benzene rings is 1. The molecule has 98 valence electrons. The first-order valence-electron chi connectivity index (χ1n) is 6.24. The van der Waals surface area contributed by atoms with Crippen LogP contribution in [0.3, 0.4) is 0 Å². The number of aldehydes is 1. The number of halogens is 1. The predicted molar refractivity (Wildman–Crippen MR) is 73.7 cm³/mol. The van der Waals surface area contributed by atoms with Crippen LogP contribution in [0, 0.1) is 5.92 Å². The van der Waals surface area contributed by atoms with E-state index in [1.807, 2.05) is 19.2 Å². The summed E-state index contributed by atoms with van der Waals surface area (Å²) in [6, 6.07) is 5.42. The molecule has 1 heterocycles. The van der Waals surface area contributed by atoms with Crippen LogP contribution in [-0.4, -0.2) is 33.1 Å². The summed E-state index contributed by atoms with van der Waals surface area (Å²) in [4.78, 5) is 13.2. The Balaban J connectivity index is 2.07. The number of carbonyl (C=O) groups excluding carboxylic acids is 1. The molecular formula is C14H18ClNO2. The van der Waals surface area contributed by atoms with Gasteiger partial charge in [-0.1, -0.05) is 11.6 Å². The first kappa shape index (κ1) is 13.4. The lowest BCUT2D eigenvalue weighted by Gasteiger charge is -2.29. The van der Waals surface area contributed by atoms with Crippen LogP contribution >= 0.6 is 11.6 Å². The smallest absolute Gasteiger partial charge is 0.152 e. The van der Waals surface area contributed by atoms with Gasteiger partial charge in [-0.15, -0.1) is 0 Å². The van der Waals surface area contributed by atoms with Crippen molar-refractivity contribution in [1.29, 1.82) is 0 Å². The van der Waals surface area contributed by atoms with Crippen molar-refractivity contribution < 1.29 is 9.53 Å². The maximum atomic E-state index is 11.1. The summed E-state index contributed by atoms with van der Waals surface area (Å²) in [5.74, 6) is 0.541. The lowest BCUT2D eigenvalue weighted by molar-refractivity contribution is 0.0576. The summed E-state index contributed by atoms with van der Waals surface area (Å²) in [7, 11) is 2.00. The Kier molecular flexibility index (Phi) is 4.61. The molecule has 0 aromatic heterocycles. The van der Waals surface area contributed by atoms with Crippen molar-refractivity contribution in [3.05, 3.63) is 28.8 Å². The number of rotatable bonds is 4. The monoisotopic (exact) mass is 267 g/mol. The largest absolute Gasteiger partial charge is 0.381 e. The molecule has 4 heteroatoms. The average molecular weight is 268 g/mol. The van der Waals surface area contributed by atoms with E-state index >= 15 is 0 Å². The highest BCUT2D eigenvalue weighted by Gasteiger charge is 2.17. The summed E-state index contributed by atoms with van der Waals surface area (Å²) in [5.41, 5.74) is 1.57. The molecular weight excluding hydrogens is 250 g/mol. The molecule has 0 saturated carbocycles. The minimum atomic E-state index is 0.541. The van der Waals surface area contributed by atoms with E-state index in [-0.39, 0.29) is 0 Å². The van der Waals surface area contributed by atoms with E-state index in [0.29, 0.717) is 16.5 Å². The van der Waals surface area contributed by atoms with E-state index in [2.05, 4.69) is 4.90 Å². The van der Waals surface area contributed by atoms with Gasteiger partial charge in [-0.2, -0.15) is 0 Å².